The first-order chi connectivity index (χ1) is 9.70. The van der Waals surface area contributed by atoms with Gasteiger partial charge in [-0.25, -0.2) is 8.78 Å². The molecule has 0 bridgehead atoms. The van der Waals surface area contributed by atoms with Crippen LogP contribution in [0.15, 0.2) is 42.5 Å². The number of benzene rings is 2. The van der Waals surface area contributed by atoms with Crippen molar-refractivity contribution in [1.29, 1.82) is 0 Å². The van der Waals surface area contributed by atoms with Crippen molar-refractivity contribution in [3.8, 4) is 5.75 Å². The molecule has 0 N–H and O–H groups in total. The Morgan fingerprint density at radius 1 is 0.950 bits per heavy atom. The first-order valence-electron chi connectivity index (χ1n) is 6.41. The molecule has 2 aromatic carbocycles. The summed E-state index contributed by atoms with van der Waals surface area (Å²) < 4.78 is 32.5. The van der Waals surface area contributed by atoms with Crippen LogP contribution >= 0.6 is 15.9 Å². The van der Waals surface area contributed by atoms with Gasteiger partial charge in [-0.2, -0.15) is 0 Å². The van der Waals surface area contributed by atoms with E-state index in [1.165, 1.54) is 17.7 Å². The van der Waals surface area contributed by atoms with Gasteiger partial charge in [0.1, 0.15) is 0 Å². The predicted octanol–water partition coefficient (Wildman–Crippen LogP) is 4.87. The lowest BCUT2D eigenvalue weighted by Crippen LogP contribution is -2.03. The van der Waals surface area contributed by atoms with Crippen LogP contribution in [0.25, 0.3) is 0 Å². The molecule has 0 saturated carbocycles. The summed E-state index contributed by atoms with van der Waals surface area (Å²) in [5.41, 5.74) is 1.74. The molecule has 0 unspecified atom stereocenters. The number of hydrogen-bond acceptors (Lipinski definition) is 1. The first kappa shape index (κ1) is 15.0. The topological polar surface area (TPSA) is 9.23 Å². The minimum absolute atomic E-state index is 0.288. The Hall–Kier alpha value is -1.42. The summed E-state index contributed by atoms with van der Waals surface area (Å²) in [6.07, 6.45) is 1.53. The van der Waals surface area contributed by atoms with E-state index in [9.17, 15) is 8.78 Å². The molecule has 0 atom stereocenters. The zero-order chi connectivity index (χ0) is 14.4. The lowest BCUT2D eigenvalue weighted by molar-refractivity contribution is 0.279. The fourth-order valence-corrected chi connectivity index (χ4v) is 2.25. The third-order valence-electron chi connectivity index (χ3n) is 2.91. The summed E-state index contributed by atoms with van der Waals surface area (Å²) in [4.78, 5) is 0. The van der Waals surface area contributed by atoms with Crippen LogP contribution < -0.4 is 4.74 Å². The molecule has 0 radical (unpaired) electrons. The average Bonchev–Trinajstić information content (AvgIpc) is 2.46. The molecule has 0 spiro atoms. The van der Waals surface area contributed by atoms with E-state index in [0.717, 1.165) is 6.42 Å². The molecule has 0 saturated heterocycles. The largest absolute Gasteiger partial charge is 0.488 e. The Morgan fingerprint density at radius 3 is 2.20 bits per heavy atom. The van der Waals surface area contributed by atoms with Crippen LogP contribution in [0.3, 0.4) is 0 Å². The molecule has 106 valence electrons. The zero-order valence-corrected chi connectivity index (χ0v) is 12.5. The SMILES string of the molecule is Fc1cc(CBr)cc(F)c1OCCCc1ccccc1. The van der Waals surface area contributed by atoms with Crippen molar-refractivity contribution in [1.82, 2.24) is 0 Å². The monoisotopic (exact) mass is 340 g/mol. The minimum atomic E-state index is -0.654. The van der Waals surface area contributed by atoms with Crippen LogP contribution in [0, 0.1) is 11.6 Å². The molecule has 0 aliphatic heterocycles. The number of halogens is 3. The number of alkyl halides is 1. The summed E-state index contributed by atoms with van der Waals surface area (Å²) in [5, 5.41) is 0.412. The van der Waals surface area contributed by atoms with Crippen LogP contribution in [-0.4, -0.2) is 6.61 Å². The van der Waals surface area contributed by atoms with Gasteiger partial charge in [-0.1, -0.05) is 46.3 Å². The minimum Gasteiger partial charge on any atom is -0.488 e. The molecule has 0 aliphatic rings. The second-order valence-corrected chi connectivity index (χ2v) is 5.02. The van der Waals surface area contributed by atoms with Gasteiger partial charge < -0.3 is 4.74 Å². The molecule has 0 aromatic heterocycles. The molecule has 0 aliphatic carbocycles. The molecule has 0 amide bonds. The molecule has 2 rings (SSSR count). The number of rotatable bonds is 6. The van der Waals surface area contributed by atoms with E-state index < -0.39 is 11.6 Å². The van der Waals surface area contributed by atoms with E-state index in [-0.39, 0.29) is 12.4 Å². The van der Waals surface area contributed by atoms with Gasteiger partial charge in [0.2, 0.25) is 0 Å². The summed E-state index contributed by atoms with van der Waals surface area (Å²) in [5.74, 6) is -1.60. The number of ether oxygens (including phenoxy) is 1. The highest BCUT2D eigenvalue weighted by Crippen LogP contribution is 2.24. The smallest absolute Gasteiger partial charge is 0.190 e. The second kappa shape index (κ2) is 7.39. The fourth-order valence-electron chi connectivity index (χ4n) is 1.92. The van der Waals surface area contributed by atoms with Crippen molar-refractivity contribution in [2.75, 3.05) is 6.61 Å². The number of aryl methyl sites for hydroxylation is 1. The summed E-state index contributed by atoms with van der Waals surface area (Å²) in [7, 11) is 0. The summed E-state index contributed by atoms with van der Waals surface area (Å²) >= 11 is 3.17. The van der Waals surface area contributed by atoms with Gasteiger partial charge in [0.05, 0.1) is 6.61 Å². The van der Waals surface area contributed by atoms with Crippen molar-refractivity contribution < 1.29 is 13.5 Å². The molecule has 4 heteroatoms. The lowest BCUT2D eigenvalue weighted by atomic mass is 10.1. The molecule has 20 heavy (non-hydrogen) atoms. The third-order valence-corrected chi connectivity index (χ3v) is 3.56. The normalized spacial score (nSPS) is 10.6. The fraction of sp³-hybridized carbons (Fsp3) is 0.250. The van der Waals surface area contributed by atoms with Crippen LogP contribution in [-0.2, 0) is 11.8 Å². The van der Waals surface area contributed by atoms with Crippen molar-refractivity contribution in [2.45, 2.75) is 18.2 Å². The van der Waals surface area contributed by atoms with Crippen LogP contribution in [0.5, 0.6) is 5.75 Å². The highest BCUT2D eigenvalue weighted by atomic mass is 79.9. The lowest BCUT2D eigenvalue weighted by Gasteiger charge is -2.09. The number of hydrogen-bond donors (Lipinski definition) is 0. The molecule has 0 heterocycles. The van der Waals surface area contributed by atoms with E-state index in [4.69, 9.17) is 4.74 Å². The van der Waals surface area contributed by atoms with E-state index in [1.54, 1.807) is 0 Å². The molecule has 1 nitrogen and oxygen atoms in total. The van der Waals surface area contributed by atoms with E-state index in [1.807, 2.05) is 30.3 Å². The Balaban J connectivity index is 1.88. The van der Waals surface area contributed by atoms with Crippen LogP contribution in [0.1, 0.15) is 17.5 Å². The van der Waals surface area contributed by atoms with Crippen molar-refractivity contribution in [3.05, 3.63) is 65.2 Å². The highest BCUT2D eigenvalue weighted by molar-refractivity contribution is 9.08. The van der Waals surface area contributed by atoms with E-state index >= 15 is 0 Å². The van der Waals surface area contributed by atoms with Gasteiger partial charge in [-0.05, 0) is 36.1 Å². The Labute approximate surface area is 125 Å². The maximum Gasteiger partial charge on any atom is 0.190 e. The Morgan fingerprint density at radius 2 is 1.60 bits per heavy atom. The maximum atomic E-state index is 13.7. The third kappa shape index (κ3) is 4.04. The predicted molar refractivity (Wildman–Crippen MR) is 79.2 cm³/mol. The van der Waals surface area contributed by atoms with Gasteiger partial charge in [0.15, 0.2) is 17.4 Å². The van der Waals surface area contributed by atoms with Crippen molar-refractivity contribution in [3.63, 3.8) is 0 Å². The quantitative estimate of drug-likeness (QED) is 0.538. The van der Waals surface area contributed by atoms with Gasteiger partial charge in [0, 0.05) is 5.33 Å². The first-order valence-corrected chi connectivity index (χ1v) is 7.53. The highest BCUT2D eigenvalue weighted by Gasteiger charge is 2.12. The van der Waals surface area contributed by atoms with Gasteiger partial charge in [0.25, 0.3) is 0 Å². The molecular formula is C16H15BrF2O. The van der Waals surface area contributed by atoms with Gasteiger partial charge in [-0.3, -0.25) is 0 Å². The van der Waals surface area contributed by atoms with Gasteiger partial charge in [-0.15, -0.1) is 0 Å². The Kier molecular flexibility index (Phi) is 5.53. The summed E-state index contributed by atoms with van der Waals surface area (Å²) in [6, 6.07) is 12.5. The van der Waals surface area contributed by atoms with Gasteiger partial charge >= 0.3 is 0 Å². The van der Waals surface area contributed by atoms with Crippen molar-refractivity contribution in [2.24, 2.45) is 0 Å². The average molecular weight is 341 g/mol. The van der Waals surface area contributed by atoms with Crippen molar-refractivity contribution >= 4 is 15.9 Å². The van der Waals surface area contributed by atoms with E-state index in [0.29, 0.717) is 17.3 Å². The van der Waals surface area contributed by atoms with Crippen LogP contribution in [0.2, 0.25) is 0 Å². The van der Waals surface area contributed by atoms with Crippen LogP contribution in [0.4, 0.5) is 8.78 Å². The maximum absolute atomic E-state index is 13.7. The summed E-state index contributed by atoms with van der Waals surface area (Å²) in [6.45, 7) is 0.288. The standard InChI is InChI=1S/C16H15BrF2O/c17-11-13-9-14(18)16(15(19)10-13)20-8-4-7-12-5-2-1-3-6-12/h1-3,5-6,9-10H,4,7-8,11H2. The molecule has 0 fully saturated rings. The Bertz CT molecular complexity index is 535. The second-order valence-electron chi connectivity index (χ2n) is 4.46. The van der Waals surface area contributed by atoms with E-state index in [2.05, 4.69) is 15.9 Å². The molecule has 2 aromatic rings. The zero-order valence-electron chi connectivity index (χ0n) is 10.9. The molecular weight excluding hydrogens is 326 g/mol.